The van der Waals surface area contributed by atoms with Crippen LogP contribution in [-0.2, 0) is 10.0 Å². The third kappa shape index (κ3) is 6.40. The number of rotatable bonds is 8. The number of hydrogen-bond acceptors (Lipinski definition) is 6. The van der Waals surface area contributed by atoms with E-state index in [9.17, 15) is 13.2 Å². The fourth-order valence-corrected chi connectivity index (χ4v) is 3.59. The van der Waals surface area contributed by atoms with E-state index < -0.39 is 21.5 Å². The van der Waals surface area contributed by atoms with Crippen molar-refractivity contribution in [2.45, 2.75) is 44.2 Å². The maximum absolute atomic E-state index is 12.4. The molecule has 1 aromatic carbocycles. The number of hydrogen-bond donors (Lipinski definition) is 2. The van der Waals surface area contributed by atoms with Crippen molar-refractivity contribution < 1.29 is 22.4 Å². The first-order valence-corrected chi connectivity index (χ1v) is 10.1. The van der Waals surface area contributed by atoms with Gasteiger partial charge in [0.15, 0.2) is 5.76 Å². The fourth-order valence-electron chi connectivity index (χ4n) is 2.24. The molecule has 0 radical (unpaired) electrons. The van der Waals surface area contributed by atoms with E-state index in [1.807, 2.05) is 6.07 Å². The van der Waals surface area contributed by atoms with E-state index in [1.54, 1.807) is 45.0 Å². The monoisotopic (exact) mass is 405 g/mol. The van der Waals surface area contributed by atoms with Crippen molar-refractivity contribution in [3.05, 3.63) is 42.2 Å². The van der Waals surface area contributed by atoms with Crippen molar-refractivity contribution >= 4 is 21.6 Å². The van der Waals surface area contributed by atoms with Crippen molar-refractivity contribution in [2.75, 3.05) is 11.9 Å². The molecule has 9 heteroatoms. The summed E-state index contributed by atoms with van der Waals surface area (Å²) in [5, 5.41) is 10.8. The van der Waals surface area contributed by atoms with Crippen LogP contribution in [0.1, 0.15) is 44.2 Å². The van der Waals surface area contributed by atoms with Gasteiger partial charge in [-0.1, -0.05) is 6.07 Å². The average molecular weight is 405 g/mol. The average Bonchev–Trinajstić information content (AvgIpc) is 3.08. The number of amides is 1. The summed E-state index contributed by atoms with van der Waals surface area (Å²) < 4.78 is 37.7. The van der Waals surface area contributed by atoms with Gasteiger partial charge in [0.25, 0.3) is 15.9 Å². The highest BCUT2D eigenvalue weighted by atomic mass is 32.2. The van der Waals surface area contributed by atoms with Crippen LogP contribution < -0.4 is 14.8 Å². The molecular formula is C19H23N3O5S. The third-order valence-electron chi connectivity index (χ3n) is 3.30. The summed E-state index contributed by atoms with van der Waals surface area (Å²) in [5.41, 5.74) is -0.210. The summed E-state index contributed by atoms with van der Waals surface area (Å²) in [7, 11) is -3.86. The minimum Gasteiger partial charge on any atom is -0.493 e. The molecule has 2 rings (SSSR count). The van der Waals surface area contributed by atoms with Crippen LogP contribution in [-0.4, -0.2) is 26.5 Å². The second kappa shape index (κ2) is 8.91. The Morgan fingerprint density at radius 1 is 1.25 bits per heavy atom. The van der Waals surface area contributed by atoms with Crippen molar-refractivity contribution in [3.63, 3.8) is 0 Å². The molecule has 8 nitrogen and oxygen atoms in total. The van der Waals surface area contributed by atoms with Gasteiger partial charge in [-0.2, -0.15) is 5.26 Å². The lowest BCUT2D eigenvalue weighted by molar-refractivity contribution is 0.0991. The Morgan fingerprint density at radius 3 is 2.68 bits per heavy atom. The second-order valence-corrected chi connectivity index (χ2v) is 8.68. The van der Waals surface area contributed by atoms with Gasteiger partial charge in [0.05, 0.1) is 12.7 Å². The van der Waals surface area contributed by atoms with Crippen LogP contribution in [0.4, 0.5) is 5.69 Å². The van der Waals surface area contributed by atoms with Gasteiger partial charge in [-0.05, 0) is 51.5 Å². The Morgan fingerprint density at radius 2 is 2.00 bits per heavy atom. The van der Waals surface area contributed by atoms with Gasteiger partial charge in [-0.3, -0.25) is 4.79 Å². The van der Waals surface area contributed by atoms with Gasteiger partial charge in [0, 0.05) is 23.7 Å². The topological polar surface area (TPSA) is 121 Å². The van der Waals surface area contributed by atoms with Crippen molar-refractivity contribution in [1.29, 1.82) is 5.26 Å². The molecule has 0 atom stereocenters. The summed E-state index contributed by atoms with van der Waals surface area (Å²) >= 11 is 0. The predicted octanol–water partition coefficient (Wildman–Crippen LogP) is 3.29. The van der Waals surface area contributed by atoms with Crippen LogP contribution in [0.5, 0.6) is 5.75 Å². The van der Waals surface area contributed by atoms with Crippen LogP contribution in [0, 0.1) is 11.3 Å². The summed E-state index contributed by atoms with van der Waals surface area (Å²) in [6.07, 6.45) is 1.02. The van der Waals surface area contributed by atoms with E-state index in [-0.39, 0.29) is 10.9 Å². The second-order valence-electron chi connectivity index (χ2n) is 7.07. The SMILES string of the molecule is CC(C)(C)NS(=O)(=O)c1ccc(C(=O)Nc2cccc(OCCCC#N)c2)o1. The molecule has 0 aliphatic carbocycles. The number of unbranched alkanes of at least 4 members (excludes halogenated alkanes) is 1. The largest absolute Gasteiger partial charge is 0.493 e. The van der Waals surface area contributed by atoms with Gasteiger partial charge in [0.2, 0.25) is 5.09 Å². The van der Waals surface area contributed by atoms with E-state index in [2.05, 4.69) is 10.0 Å². The zero-order valence-corrected chi connectivity index (χ0v) is 16.8. The molecule has 0 saturated carbocycles. The van der Waals surface area contributed by atoms with Gasteiger partial charge in [-0.25, -0.2) is 13.1 Å². The summed E-state index contributed by atoms with van der Waals surface area (Å²) in [4.78, 5) is 12.4. The maximum atomic E-state index is 12.4. The summed E-state index contributed by atoms with van der Waals surface area (Å²) in [6, 6.07) is 11.3. The van der Waals surface area contributed by atoms with Gasteiger partial charge in [0.1, 0.15) is 5.75 Å². The van der Waals surface area contributed by atoms with Crippen molar-refractivity contribution in [3.8, 4) is 11.8 Å². The highest BCUT2D eigenvalue weighted by Crippen LogP contribution is 2.20. The number of carbonyl (C=O) groups is 1. The molecule has 0 aliphatic rings. The number of furan rings is 1. The molecule has 2 N–H and O–H groups in total. The van der Waals surface area contributed by atoms with Crippen molar-refractivity contribution in [1.82, 2.24) is 4.72 Å². The lowest BCUT2D eigenvalue weighted by Crippen LogP contribution is -2.40. The molecular weight excluding hydrogens is 382 g/mol. The van der Waals surface area contributed by atoms with Gasteiger partial charge >= 0.3 is 0 Å². The minimum atomic E-state index is -3.86. The summed E-state index contributed by atoms with van der Waals surface area (Å²) in [5.74, 6) is -0.165. The van der Waals surface area contributed by atoms with Crippen LogP contribution in [0.25, 0.3) is 0 Å². The van der Waals surface area contributed by atoms with Crippen molar-refractivity contribution in [2.24, 2.45) is 0 Å². The van der Waals surface area contributed by atoms with Gasteiger partial charge < -0.3 is 14.5 Å². The van der Waals surface area contributed by atoms with E-state index in [0.717, 1.165) is 0 Å². The number of anilines is 1. The molecule has 0 aliphatic heterocycles. The Balaban J connectivity index is 2.04. The standard InChI is InChI=1S/C19H23N3O5S/c1-19(2,3)22-28(24,25)17-10-9-16(27-17)18(23)21-14-7-6-8-15(13-14)26-12-5-4-11-20/h6-10,13,22H,4-5,12H2,1-3H3,(H,21,23). The first kappa shape index (κ1) is 21.5. The van der Waals surface area contributed by atoms with E-state index in [0.29, 0.717) is 30.9 Å². The van der Waals surface area contributed by atoms with E-state index in [1.165, 1.54) is 12.1 Å². The normalized spacial score (nSPS) is 11.6. The number of nitrogens with zero attached hydrogens (tertiary/aromatic N) is 1. The Hall–Kier alpha value is -2.83. The maximum Gasteiger partial charge on any atom is 0.291 e. The van der Waals surface area contributed by atoms with Crippen LogP contribution >= 0.6 is 0 Å². The molecule has 0 fully saturated rings. The van der Waals surface area contributed by atoms with Crippen LogP contribution in [0.15, 0.2) is 45.9 Å². The molecule has 1 heterocycles. The number of nitrogens with one attached hydrogen (secondary N) is 2. The highest BCUT2D eigenvalue weighted by molar-refractivity contribution is 7.89. The van der Waals surface area contributed by atoms with E-state index >= 15 is 0 Å². The molecule has 0 spiro atoms. The Kier molecular flexibility index (Phi) is 6.83. The predicted molar refractivity (Wildman–Crippen MR) is 104 cm³/mol. The Bertz CT molecular complexity index is 968. The molecule has 0 bridgehead atoms. The number of ether oxygens (including phenoxy) is 1. The highest BCUT2D eigenvalue weighted by Gasteiger charge is 2.26. The quantitative estimate of drug-likeness (QED) is 0.650. The minimum absolute atomic E-state index is 0.130. The first-order chi connectivity index (χ1) is 13.1. The van der Waals surface area contributed by atoms with Gasteiger partial charge in [-0.15, -0.1) is 0 Å². The molecule has 1 amide bonds. The van der Waals surface area contributed by atoms with Crippen LogP contribution in [0.2, 0.25) is 0 Å². The zero-order valence-electron chi connectivity index (χ0n) is 16.0. The molecule has 1 aromatic heterocycles. The number of benzene rings is 1. The number of carbonyl (C=O) groups excluding carboxylic acids is 1. The zero-order chi connectivity index (χ0) is 20.8. The smallest absolute Gasteiger partial charge is 0.291 e. The molecule has 0 unspecified atom stereocenters. The molecule has 0 saturated heterocycles. The van der Waals surface area contributed by atoms with E-state index in [4.69, 9.17) is 14.4 Å². The molecule has 2 aromatic rings. The summed E-state index contributed by atoms with van der Waals surface area (Å²) in [6.45, 7) is 5.51. The molecule has 28 heavy (non-hydrogen) atoms. The lowest BCUT2D eigenvalue weighted by Gasteiger charge is -2.18. The Labute approximate surface area is 164 Å². The van der Waals surface area contributed by atoms with Crippen LogP contribution in [0.3, 0.4) is 0 Å². The number of sulfonamides is 1. The lowest BCUT2D eigenvalue weighted by atomic mass is 10.1. The first-order valence-electron chi connectivity index (χ1n) is 8.66. The third-order valence-corrected chi connectivity index (χ3v) is 4.93. The number of nitriles is 1. The fraction of sp³-hybridized carbons (Fsp3) is 0.368. The molecule has 150 valence electrons.